The molecule has 0 aliphatic carbocycles. The van der Waals surface area contributed by atoms with Crippen LogP contribution < -0.4 is 11.2 Å². The van der Waals surface area contributed by atoms with Crippen LogP contribution in [0.25, 0.3) is 0 Å². The predicted molar refractivity (Wildman–Crippen MR) is 93.0 cm³/mol. The number of nitrogen functional groups attached to an aromatic ring is 1. The lowest BCUT2D eigenvalue weighted by atomic mass is 10.1. The van der Waals surface area contributed by atoms with Gasteiger partial charge in [-0.1, -0.05) is 30.0 Å². The molecule has 1 atom stereocenters. The number of hydrazone groups is 1. The second kappa shape index (κ2) is 7.16. The van der Waals surface area contributed by atoms with Gasteiger partial charge in [0.05, 0.1) is 11.9 Å². The van der Waals surface area contributed by atoms with Crippen LogP contribution in [-0.2, 0) is 4.79 Å². The molecule has 3 rings (SSSR count). The summed E-state index contributed by atoms with van der Waals surface area (Å²) in [5.41, 5.74) is 10.9. The summed E-state index contributed by atoms with van der Waals surface area (Å²) in [4.78, 5) is 13.3. The lowest BCUT2D eigenvalue weighted by Crippen LogP contribution is -2.34. The fourth-order valence-electron chi connectivity index (χ4n) is 2.62. The molecule has 0 spiro atoms. The van der Waals surface area contributed by atoms with Gasteiger partial charge in [0.1, 0.15) is 5.04 Å². The summed E-state index contributed by atoms with van der Waals surface area (Å²) >= 11 is 1.48. The Morgan fingerprint density at radius 3 is 2.78 bits per heavy atom. The van der Waals surface area contributed by atoms with E-state index in [0.29, 0.717) is 18.0 Å². The zero-order valence-electron chi connectivity index (χ0n) is 12.7. The highest BCUT2D eigenvalue weighted by Gasteiger charge is 2.21. The van der Waals surface area contributed by atoms with Gasteiger partial charge in [0, 0.05) is 25.3 Å². The number of aliphatic hydroxyl groups excluding tert-OH is 1. The molecule has 6 nitrogen and oxygen atoms in total. The van der Waals surface area contributed by atoms with E-state index in [1.807, 2.05) is 12.1 Å². The van der Waals surface area contributed by atoms with Gasteiger partial charge in [-0.05, 0) is 29.7 Å². The Labute approximate surface area is 139 Å². The van der Waals surface area contributed by atoms with Crippen LogP contribution in [0, 0.1) is 0 Å². The molecule has 1 aromatic rings. The summed E-state index contributed by atoms with van der Waals surface area (Å²) in [5.74, 6) is 0.374. The number of hydrogen-bond acceptors (Lipinski definition) is 6. The molecule has 122 valence electrons. The molecule has 1 amide bonds. The minimum atomic E-state index is -0.522. The van der Waals surface area contributed by atoms with Crippen molar-refractivity contribution in [2.75, 3.05) is 31.1 Å². The zero-order valence-corrected chi connectivity index (χ0v) is 13.6. The number of thioether (sulfide) groups is 1. The van der Waals surface area contributed by atoms with Crippen molar-refractivity contribution in [2.45, 2.75) is 12.5 Å². The first-order valence-electron chi connectivity index (χ1n) is 7.56. The fraction of sp³-hybridized carbons (Fsp3) is 0.375. The standard InChI is InChI=1S/C16H20N4O2S/c17-13-3-1-11(2-4-13)14(21)9-20-7-5-12(6-8-20)16-19-18-15(22)10-23-16/h1-5,14,21H,6-10,17H2,(H,18,22). The molecule has 0 bridgehead atoms. The van der Waals surface area contributed by atoms with Gasteiger partial charge >= 0.3 is 0 Å². The number of nitrogens with two attached hydrogens (primary N) is 1. The van der Waals surface area contributed by atoms with E-state index in [4.69, 9.17) is 5.73 Å². The Balaban J connectivity index is 1.56. The first kappa shape index (κ1) is 16.0. The Morgan fingerprint density at radius 2 is 2.17 bits per heavy atom. The van der Waals surface area contributed by atoms with Gasteiger partial charge in [0.15, 0.2) is 0 Å². The van der Waals surface area contributed by atoms with E-state index in [1.165, 1.54) is 17.3 Å². The van der Waals surface area contributed by atoms with Gasteiger partial charge in [-0.25, -0.2) is 5.43 Å². The minimum Gasteiger partial charge on any atom is -0.399 e. The highest BCUT2D eigenvalue weighted by molar-refractivity contribution is 8.15. The summed E-state index contributed by atoms with van der Waals surface area (Å²) in [7, 11) is 0. The van der Waals surface area contributed by atoms with E-state index in [1.54, 1.807) is 12.1 Å². The molecule has 1 unspecified atom stereocenters. The zero-order chi connectivity index (χ0) is 16.2. The Bertz CT molecular complexity index is 642. The number of nitrogens with zero attached hydrogens (tertiary/aromatic N) is 2. The molecule has 2 aliphatic rings. The second-order valence-electron chi connectivity index (χ2n) is 5.66. The van der Waals surface area contributed by atoms with Gasteiger partial charge in [-0.3, -0.25) is 9.69 Å². The molecule has 0 fully saturated rings. The topological polar surface area (TPSA) is 90.9 Å². The number of nitrogens with one attached hydrogen (secondary N) is 1. The number of carbonyl (C=O) groups is 1. The number of aliphatic hydroxyl groups is 1. The van der Waals surface area contributed by atoms with Gasteiger partial charge in [-0.2, -0.15) is 5.10 Å². The van der Waals surface area contributed by atoms with Crippen molar-refractivity contribution in [2.24, 2.45) is 5.10 Å². The highest BCUT2D eigenvalue weighted by Crippen LogP contribution is 2.23. The van der Waals surface area contributed by atoms with Crippen LogP contribution in [0.1, 0.15) is 18.1 Å². The number of amides is 1. The lowest BCUT2D eigenvalue weighted by Gasteiger charge is -2.29. The molecule has 1 aromatic carbocycles. The molecule has 0 saturated carbocycles. The van der Waals surface area contributed by atoms with Crippen LogP contribution in [-0.4, -0.2) is 46.3 Å². The largest absolute Gasteiger partial charge is 0.399 e. The van der Waals surface area contributed by atoms with Gasteiger partial charge in [0.2, 0.25) is 0 Å². The number of hydrogen-bond donors (Lipinski definition) is 3. The van der Waals surface area contributed by atoms with E-state index in [9.17, 15) is 9.90 Å². The number of anilines is 1. The van der Waals surface area contributed by atoms with Crippen molar-refractivity contribution >= 4 is 28.4 Å². The van der Waals surface area contributed by atoms with Crippen molar-refractivity contribution in [1.29, 1.82) is 0 Å². The van der Waals surface area contributed by atoms with Crippen molar-refractivity contribution < 1.29 is 9.90 Å². The highest BCUT2D eigenvalue weighted by atomic mass is 32.2. The van der Waals surface area contributed by atoms with Crippen molar-refractivity contribution in [1.82, 2.24) is 10.3 Å². The van der Waals surface area contributed by atoms with Crippen LogP contribution in [0.3, 0.4) is 0 Å². The maximum Gasteiger partial charge on any atom is 0.250 e. The van der Waals surface area contributed by atoms with E-state index < -0.39 is 6.10 Å². The molecule has 2 aliphatic heterocycles. The monoisotopic (exact) mass is 332 g/mol. The lowest BCUT2D eigenvalue weighted by molar-refractivity contribution is -0.118. The molecule has 23 heavy (non-hydrogen) atoms. The second-order valence-corrected chi connectivity index (χ2v) is 6.63. The average molecular weight is 332 g/mol. The Morgan fingerprint density at radius 1 is 1.39 bits per heavy atom. The number of benzene rings is 1. The van der Waals surface area contributed by atoms with Crippen LogP contribution in [0.15, 0.2) is 41.0 Å². The third-order valence-electron chi connectivity index (χ3n) is 3.94. The van der Waals surface area contributed by atoms with E-state index in [2.05, 4.69) is 21.5 Å². The first-order chi connectivity index (χ1) is 11.1. The summed E-state index contributed by atoms with van der Waals surface area (Å²) < 4.78 is 0. The number of carbonyl (C=O) groups excluding carboxylic acids is 1. The third-order valence-corrected chi connectivity index (χ3v) is 4.98. The Hall–Kier alpha value is -1.83. The minimum absolute atomic E-state index is 0.0524. The number of β-amino-alcohol motifs (C(OH)–C–C–N with tert-alkyl or cyclic N) is 1. The summed E-state index contributed by atoms with van der Waals surface area (Å²) in [6.45, 7) is 2.23. The third kappa shape index (κ3) is 4.13. The maximum absolute atomic E-state index is 11.1. The molecule has 0 aromatic heterocycles. The fourth-order valence-corrected chi connectivity index (χ4v) is 3.43. The summed E-state index contributed by atoms with van der Waals surface area (Å²) in [5, 5.41) is 15.3. The van der Waals surface area contributed by atoms with Crippen molar-refractivity contribution in [3.05, 3.63) is 41.5 Å². The number of rotatable bonds is 4. The maximum atomic E-state index is 11.1. The van der Waals surface area contributed by atoms with E-state index in [0.717, 1.165) is 30.1 Å². The smallest absolute Gasteiger partial charge is 0.250 e. The molecule has 0 radical (unpaired) electrons. The van der Waals surface area contributed by atoms with Crippen molar-refractivity contribution in [3.63, 3.8) is 0 Å². The quantitative estimate of drug-likeness (QED) is 0.719. The molecule has 7 heteroatoms. The van der Waals surface area contributed by atoms with Gasteiger partial charge in [0.25, 0.3) is 5.91 Å². The van der Waals surface area contributed by atoms with Crippen molar-refractivity contribution in [3.8, 4) is 0 Å². The molecule has 0 saturated heterocycles. The molecule has 2 heterocycles. The average Bonchev–Trinajstić information content (AvgIpc) is 2.57. The summed E-state index contributed by atoms with van der Waals surface area (Å²) in [6.07, 6.45) is 2.48. The molecular weight excluding hydrogens is 312 g/mol. The predicted octanol–water partition coefficient (Wildman–Crippen LogP) is 1.11. The van der Waals surface area contributed by atoms with Crippen LogP contribution >= 0.6 is 11.8 Å². The SMILES string of the molecule is Nc1ccc(C(O)CN2CC=C(C3=NNC(=O)CS3)CC2)cc1. The summed E-state index contributed by atoms with van der Waals surface area (Å²) in [6, 6.07) is 7.33. The van der Waals surface area contributed by atoms with Gasteiger partial charge in [-0.15, -0.1) is 0 Å². The van der Waals surface area contributed by atoms with Crippen LogP contribution in [0.4, 0.5) is 5.69 Å². The first-order valence-corrected chi connectivity index (χ1v) is 8.55. The van der Waals surface area contributed by atoms with Crippen LogP contribution in [0.2, 0.25) is 0 Å². The Kier molecular flexibility index (Phi) is 5.00. The van der Waals surface area contributed by atoms with Crippen LogP contribution in [0.5, 0.6) is 0 Å². The normalized spacial score (nSPS) is 20.5. The molecule has 4 N–H and O–H groups in total. The van der Waals surface area contributed by atoms with Gasteiger partial charge < -0.3 is 10.8 Å². The van der Waals surface area contributed by atoms with E-state index >= 15 is 0 Å². The molecular formula is C16H20N4O2S. The van der Waals surface area contributed by atoms with E-state index in [-0.39, 0.29) is 5.91 Å².